The van der Waals surface area contributed by atoms with Crippen LogP contribution in [0.4, 0.5) is 20.7 Å². The normalized spacial score (nSPS) is 13.0. The lowest BCUT2D eigenvalue weighted by Gasteiger charge is -2.08. The van der Waals surface area contributed by atoms with Gasteiger partial charge < -0.3 is 5.32 Å². The van der Waals surface area contributed by atoms with Crippen LogP contribution in [0.25, 0.3) is 10.2 Å². The van der Waals surface area contributed by atoms with Crippen molar-refractivity contribution in [3.8, 4) is 0 Å². The third-order valence-corrected chi connectivity index (χ3v) is 5.97. The van der Waals surface area contributed by atoms with E-state index in [9.17, 15) is 14.4 Å². The van der Waals surface area contributed by atoms with E-state index in [1.807, 2.05) is 0 Å². The predicted octanol–water partition coefficient (Wildman–Crippen LogP) is 4.20. The summed E-state index contributed by atoms with van der Waals surface area (Å²) in [6.07, 6.45) is 1.60. The molecule has 0 radical (unpaired) electrons. The lowest BCUT2D eigenvalue weighted by atomic mass is 10.1. The number of carbonyl (C=O) groups excluding carboxylic acids is 3. The number of hydrogen-bond acceptors (Lipinski definition) is 7. The summed E-state index contributed by atoms with van der Waals surface area (Å²) < 4.78 is 0.739. The molecule has 4 amide bonds. The number of urea groups is 1. The Morgan fingerprint density at radius 2 is 1.76 bits per heavy atom. The fourth-order valence-electron chi connectivity index (χ4n) is 2.99. The van der Waals surface area contributed by atoms with Crippen molar-refractivity contribution in [2.24, 2.45) is 0 Å². The number of imide groups is 1. The van der Waals surface area contributed by atoms with Gasteiger partial charge in [0.2, 0.25) is 5.13 Å². The molecule has 0 unspecified atom stereocenters. The van der Waals surface area contributed by atoms with E-state index < -0.39 is 6.03 Å². The SMILES string of the molecule is O=C(Nc1ccc2nc(N3C(=O)c4ccccc4C3=O)sc2c1)Nc1nccs1. The van der Waals surface area contributed by atoms with E-state index in [0.717, 1.165) is 9.60 Å². The van der Waals surface area contributed by atoms with Gasteiger partial charge in [0.15, 0.2) is 5.13 Å². The van der Waals surface area contributed by atoms with Gasteiger partial charge in [0.1, 0.15) is 0 Å². The molecule has 0 saturated heterocycles. The molecule has 1 aliphatic rings. The Kier molecular flexibility index (Phi) is 4.07. The summed E-state index contributed by atoms with van der Waals surface area (Å²) in [6.45, 7) is 0. The van der Waals surface area contributed by atoms with Gasteiger partial charge in [-0.05, 0) is 30.3 Å². The number of thiazole rings is 2. The molecule has 2 aromatic heterocycles. The number of anilines is 3. The molecule has 0 spiro atoms. The summed E-state index contributed by atoms with van der Waals surface area (Å²) in [5, 5.41) is 7.93. The van der Waals surface area contributed by atoms with Crippen molar-refractivity contribution in [2.75, 3.05) is 15.5 Å². The van der Waals surface area contributed by atoms with Gasteiger partial charge in [0, 0.05) is 17.3 Å². The molecule has 0 atom stereocenters. The van der Waals surface area contributed by atoms with E-state index in [2.05, 4.69) is 20.6 Å². The molecule has 10 heteroatoms. The van der Waals surface area contributed by atoms with Gasteiger partial charge in [-0.3, -0.25) is 14.9 Å². The van der Waals surface area contributed by atoms with Crippen LogP contribution in [0.1, 0.15) is 20.7 Å². The zero-order chi connectivity index (χ0) is 20.0. The van der Waals surface area contributed by atoms with Crippen LogP contribution < -0.4 is 15.5 Å². The number of hydrogen-bond donors (Lipinski definition) is 2. The van der Waals surface area contributed by atoms with Gasteiger partial charge in [-0.25, -0.2) is 19.7 Å². The van der Waals surface area contributed by atoms with Gasteiger partial charge in [-0.1, -0.05) is 23.5 Å². The highest BCUT2D eigenvalue weighted by Gasteiger charge is 2.38. The van der Waals surface area contributed by atoms with E-state index in [-0.39, 0.29) is 11.8 Å². The molecule has 8 nitrogen and oxygen atoms in total. The van der Waals surface area contributed by atoms with Gasteiger partial charge in [0.25, 0.3) is 11.8 Å². The van der Waals surface area contributed by atoms with Crippen LogP contribution >= 0.6 is 22.7 Å². The van der Waals surface area contributed by atoms with Crippen LogP contribution in [-0.2, 0) is 0 Å². The molecule has 2 N–H and O–H groups in total. The lowest BCUT2D eigenvalue weighted by molar-refractivity contribution is 0.0926. The van der Waals surface area contributed by atoms with Crippen LogP contribution in [0.5, 0.6) is 0 Å². The van der Waals surface area contributed by atoms with Crippen molar-refractivity contribution < 1.29 is 14.4 Å². The molecule has 0 saturated carbocycles. The summed E-state index contributed by atoms with van der Waals surface area (Å²) in [5.41, 5.74) is 1.94. The van der Waals surface area contributed by atoms with Crippen molar-refractivity contribution >= 4 is 66.7 Å². The smallest absolute Gasteiger partial charge is 0.308 e. The highest BCUT2D eigenvalue weighted by atomic mass is 32.1. The highest BCUT2D eigenvalue weighted by molar-refractivity contribution is 7.22. The summed E-state index contributed by atoms with van der Waals surface area (Å²) in [4.78, 5) is 46.9. The fourth-order valence-corrected chi connectivity index (χ4v) is 4.52. The number of fused-ring (bicyclic) bond motifs is 2. The van der Waals surface area contributed by atoms with Crippen molar-refractivity contribution in [2.45, 2.75) is 0 Å². The summed E-state index contributed by atoms with van der Waals surface area (Å²) in [5.74, 6) is -0.767. The summed E-state index contributed by atoms with van der Waals surface area (Å²) >= 11 is 2.53. The quantitative estimate of drug-likeness (QED) is 0.483. The Bertz CT molecular complexity index is 1250. The van der Waals surface area contributed by atoms with Crippen LogP contribution in [-0.4, -0.2) is 27.8 Å². The Morgan fingerprint density at radius 3 is 2.45 bits per heavy atom. The first-order chi connectivity index (χ1) is 14.1. The number of amides is 4. The number of benzene rings is 2. The van der Waals surface area contributed by atoms with Gasteiger partial charge >= 0.3 is 6.03 Å². The predicted molar refractivity (Wildman–Crippen MR) is 112 cm³/mol. The minimum Gasteiger partial charge on any atom is -0.308 e. The molecule has 0 aliphatic carbocycles. The van der Waals surface area contributed by atoms with Gasteiger partial charge in [-0.15, -0.1) is 11.3 Å². The maximum absolute atomic E-state index is 12.6. The third-order valence-electron chi connectivity index (χ3n) is 4.27. The van der Waals surface area contributed by atoms with Crippen molar-refractivity contribution in [3.05, 3.63) is 65.2 Å². The maximum Gasteiger partial charge on any atom is 0.325 e. The van der Waals surface area contributed by atoms with E-state index in [1.54, 1.807) is 54.0 Å². The summed E-state index contributed by atoms with van der Waals surface area (Å²) in [7, 11) is 0. The van der Waals surface area contributed by atoms with Crippen LogP contribution in [0.15, 0.2) is 54.0 Å². The molecule has 4 aromatic rings. The van der Waals surface area contributed by atoms with Crippen molar-refractivity contribution in [1.82, 2.24) is 9.97 Å². The molecule has 5 rings (SSSR count). The number of nitrogens with one attached hydrogen (secondary N) is 2. The van der Waals surface area contributed by atoms with Crippen LogP contribution in [0.3, 0.4) is 0 Å². The average Bonchev–Trinajstić information content (AvgIpc) is 3.41. The van der Waals surface area contributed by atoms with E-state index in [1.165, 1.54) is 22.7 Å². The maximum atomic E-state index is 12.6. The third kappa shape index (κ3) is 3.04. The lowest BCUT2D eigenvalue weighted by Crippen LogP contribution is -2.29. The molecule has 142 valence electrons. The zero-order valence-electron chi connectivity index (χ0n) is 14.6. The van der Waals surface area contributed by atoms with E-state index >= 15 is 0 Å². The Morgan fingerprint density at radius 1 is 1.00 bits per heavy atom. The fraction of sp³-hybridized carbons (Fsp3) is 0. The monoisotopic (exact) mass is 421 g/mol. The number of nitrogens with zero attached hydrogens (tertiary/aromatic N) is 3. The first-order valence-electron chi connectivity index (χ1n) is 8.46. The minimum absolute atomic E-state index is 0.301. The molecule has 0 bridgehead atoms. The second-order valence-corrected chi connectivity index (χ2v) is 7.99. The van der Waals surface area contributed by atoms with Crippen LogP contribution in [0.2, 0.25) is 0 Å². The number of carbonyl (C=O) groups is 3. The average molecular weight is 421 g/mol. The number of rotatable bonds is 3. The summed E-state index contributed by atoms with van der Waals surface area (Å²) in [6, 6.07) is 11.5. The molecular weight excluding hydrogens is 410 g/mol. The van der Waals surface area contributed by atoms with Crippen molar-refractivity contribution in [3.63, 3.8) is 0 Å². The minimum atomic E-state index is -0.413. The second-order valence-electron chi connectivity index (χ2n) is 6.09. The first-order valence-corrected chi connectivity index (χ1v) is 10.2. The van der Waals surface area contributed by atoms with Crippen LogP contribution in [0, 0.1) is 0 Å². The second kappa shape index (κ2) is 6.76. The highest BCUT2D eigenvalue weighted by Crippen LogP contribution is 2.35. The number of aromatic nitrogens is 2. The Labute approximate surface area is 171 Å². The Balaban J connectivity index is 1.41. The Hall–Kier alpha value is -3.63. The molecule has 1 aliphatic heterocycles. The van der Waals surface area contributed by atoms with Crippen molar-refractivity contribution in [1.29, 1.82) is 0 Å². The molecular formula is C19H11N5O3S2. The molecule has 0 fully saturated rings. The first kappa shape index (κ1) is 17.5. The topological polar surface area (TPSA) is 104 Å². The zero-order valence-corrected chi connectivity index (χ0v) is 16.2. The van der Waals surface area contributed by atoms with E-state index in [0.29, 0.717) is 32.6 Å². The van der Waals surface area contributed by atoms with E-state index in [4.69, 9.17) is 0 Å². The molecule has 3 heterocycles. The van der Waals surface area contributed by atoms with Gasteiger partial charge in [0.05, 0.1) is 21.3 Å². The standard InChI is InChI=1S/C19H11N5O3S2/c25-15-11-3-1-2-4-12(11)16(26)24(15)19-22-13-6-5-10(9-14(13)29-19)21-17(27)23-18-20-7-8-28-18/h1-9H,(H2,20,21,23,27). The molecule has 29 heavy (non-hydrogen) atoms. The largest absolute Gasteiger partial charge is 0.325 e. The van der Waals surface area contributed by atoms with Gasteiger partial charge in [-0.2, -0.15) is 0 Å². The molecule has 2 aromatic carbocycles.